The molecule has 0 saturated carbocycles. The van der Waals surface area contributed by atoms with Crippen LogP contribution in [0.4, 0.5) is 0 Å². The summed E-state index contributed by atoms with van der Waals surface area (Å²) < 4.78 is 5.25. The highest BCUT2D eigenvalue weighted by Crippen LogP contribution is 2.36. The molecular weight excluding hydrogens is 317 g/mol. The second kappa shape index (κ2) is 6.68. The van der Waals surface area contributed by atoms with Crippen LogP contribution >= 0.6 is 34.8 Å². The van der Waals surface area contributed by atoms with Crippen LogP contribution in [0.25, 0.3) is 0 Å². The molecule has 0 aromatic heterocycles. The molecule has 20 heavy (non-hydrogen) atoms. The van der Waals surface area contributed by atoms with Crippen LogP contribution in [0.3, 0.4) is 0 Å². The molecular formula is C15H14Cl3NO. The summed E-state index contributed by atoms with van der Waals surface area (Å²) in [6.45, 7) is 0. The van der Waals surface area contributed by atoms with Crippen LogP contribution < -0.4 is 10.1 Å². The molecule has 0 aliphatic rings. The van der Waals surface area contributed by atoms with E-state index >= 15 is 0 Å². The Kier molecular flexibility index (Phi) is 5.17. The first kappa shape index (κ1) is 15.5. The van der Waals surface area contributed by atoms with Gasteiger partial charge < -0.3 is 10.1 Å². The van der Waals surface area contributed by atoms with Gasteiger partial charge in [-0.3, -0.25) is 0 Å². The molecule has 0 amide bonds. The molecule has 0 heterocycles. The van der Waals surface area contributed by atoms with Gasteiger partial charge in [0.1, 0.15) is 5.75 Å². The number of rotatable bonds is 4. The number of benzene rings is 2. The Balaban J connectivity index is 2.53. The Morgan fingerprint density at radius 1 is 1.00 bits per heavy atom. The third-order valence-corrected chi connectivity index (χ3v) is 4.06. The third-order valence-electron chi connectivity index (χ3n) is 3.09. The number of nitrogens with one attached hydrogen (secondary N) is 1. The molecule has 1 atom stereocenters. The maximum atomic E-state index is 6.28. The molecule has 2 aromatic rings. The van der Waals surface area contributed by atoms with Crippen molar-refractivity contribution in [1.29, 1.82) is 0 Å². The molecule has 5 heteroatoms. The molecule has 0 saturated heterocycles. The molecule has 0 spiro atoms. The molecule has 0 radical (unpaired) electrons. The van der Waals surface area contributed by atoms with Gasteiger partial charge in [-0.1, -0.05) is 46.9 Å². The van der Waals surface area contributed by atoms with Crippen LogP contribution in [0.5, 0.6) is 5.75 Å². The molecule has 2 aromatic carbocycles. The number of methoxy groups -OCH3 is 1. The van der Waals surface area contributed by atoms with Crippen molar-refractivity contribution < 1.29 is 4.74 Å². The fraction of sp³-hybridized carbons (Fsp3) is 0.200. The maximum absolute atomic E-state index is 6.28. The Morgan fingerprint density at radius 2 is 1.65 bits per heavy atom. The maximum Gasteiger partial charge on any atom is 0.137 e. The normalized spacial score (nSPS) is 12.2. The number of hydrogen-bond acceptors (Lipinski definition) is 2. The molecule has 0 fully saturated rings. The van der Waals surface area contributed by atoms with Gasteiger partial charge in [-0.05, 0) is 36.9 Å². The van der Waals surface area contributed by atoms with Crippen LogP contribution in [0, 0.1) is 0 Å². The fourth-order valence-corrected chi connectivity index (χ4v) is 2.93. The smallest absolute Gasteiger partial charge is 0.137 e. The predicted octanol–water partition coefficient (Wildman–Crippen LogP) is 4.96. The summed E-state index contributed by atoms with van der Waals surface area (Å²) >= 11 is 18.6. The van der Waals surface area contributed by atoms with E-state index in [-0.39, 0.29) is 6.04 Å². The van der Waals surface area contributed by atoms with E-state index in [0.717, 1.165) is 11.1 Å². The fourth-order valence-electron chi connectivity index (χ4n) is 2.12. The van der Waals surface area contributed by atoms with Crippen molar-refractivity contribution in [3.8, 4) is 5.75 Å². The Morgan fingerprint density at radius 3 is 2.20 bits per heavy atom. The number of hydrogen-bond donors (Lipinski definition) is 1. The lowest BCUT2D eigenvalue weighted by Gasteiger charge is -2.20. The third kappa shape index (κ3) is 3.04. The van der Waals surface area contributed by atoms with Crippen molar-refractivity contribution in [1.82, 2.24) is 5.32 Å². The van der Waals surface area contributed by atoms with Gasteiger partial charge >= 0.3 is 0 Å². The van der Waals surface area contributed by atoms with E-state index in [1.54, 1.807) is 13.2 Å². The Bertz CT molecular complexity index is 596. The van der Waals surface area contributed by atoms with Crippen molar-refractivity contribution in [2.45, 2.75) is 6.04 Å². The van der Waals surface area contributed by atoms with Crippen LogP contribution in [0.15, 0.2) is 36.4 Å². The van der Waals surface area contributed by atoms with Crippen molar-refractivity contribution in [2.75, 3.05) is 14.2 Å². The summed E-state index contributed by atoms with van der Waals surface area (Å²) in [7, 11) is 3.44. The summed E-state index contributed by atoms with van der Waals surface area (Å²) in [6.07, 6.45) is 0. The second-order valence-electron chi connectivity index (χ2n) is 4.25. The van der Waals surface area contributed by atoms with E-state index in [9.17, 15) is 0 Å². The zero-order valence-corrected chi connectivity index (χ0v) is 13.4. The zero-order chi connectivity index (χ0) is 14.7. The predicted molar refractivity (Wildman–Crippen MR) is 85.4 cm³/mol. The topological polar surface area (TPSA) is 21.3 Å². The van der Waals surface area contributed by atoms with Crippen molar-refractivity contribution in [3.05, 3.63) is 62.6 Å². The molecule has 0 aliphatic carbocycles. The van der Waals surface area contributed by atoms with Crippen LogP contribution in [-0.2, 0) is 0 Å². The monoisotopic (exact) mass is 329 g/mol. The van der Waals surface area contributed by atoms with E-state index in [0.29, 0.717) is 20.8 Å². The minimum atomic E-state index is -0.137. The summed E-state index contributed by atoms with van der Waals surface area (Å²) in [6, 6.07) is 10.9. The first-order chi connectivity index (χ1) is 9.58. The largest absolute Gasteiger partial charge is 0.495 e. The van der Waals surface area contributed by atoms with Crippen molar-refractivity contribution in [2.24, 2.45) is 0 Å². The summed E-state index contributed by atoms with van der Waals surface area (Å²) in [5.74, 6) is 0.618. The first-order valence-corrected chi connectivity index (χ1v) is 7.16. The lowest BCUT2D eigenvalue weighted by atomic mass is 9.98. The molecule has 1 unspecified atom stereocenters. The van der Waals surface area contributed by atoms with Gasteiger partial charge in [0.15, 0.2) is 0 Å². The van der Waals surface area contributed by atoms with Gasteiger partial charge in [0, 0.05) is 15.6 Å². The van der Waals surface area contributed by atoms with E-state index in [2.05, 4.69) is 5.32 Å². The van der Waals surface area contributed by atoms with Gasteiger partial charge in [0.05, 0.1) is 18.2 Å². The van der Waals surface area contributed by atoms with Crippen molar-refractivity contribution in [3.63, 3.8) is 0 Å². The molecule has 2 rings (SSSR count). The first-order valence-electron chi connectivity index (χ1n) is 6.03. The molecule has 0 bridgehead atoms. The van der Waals surface area contributed by atoms with Gasteiger partial charge in [0.2, 0.25) is 0 Å². The number of halogens is 3. The highest BCUT2D eigenvalue weighted by molar-refractivity contribution is 6.36. The lowest BCUT2D eigenvalue weighted by molar-refractivity contribution is 0.414. The average Bonchev–Trinajstić information content (AvgIpc) is 2.44. The minimum absolute atomic E-state index is 0.137. The number of ether oxygens (including phenoxy) is 1. The van der Waals surface area contributed by atoms with Crippen LogP contribution in [0.2, 0.25) is 15.1 Å². The highest BCUT2D eigenvalue weighted by atomic mass is 35.5. The van der Waals surface area contributed by atoms with Gasteiger partial charge in [0.25, 0.3) is 0 Å². The van der Waals surface area contributed by atoms with Crippen LogP contribution in [-0.4, -0.2) is 14.2 Å². The lowest BCUT2D eigenvalue weighted by Crippen LogP contribution is -2.18. The van der Waals surface area contributed by atoms with Gasteiger partial charge in [-0.15, -0.1) is 0 Å². The zero-order valence-electron chi connectivity index (χ0n) is 11.1. The van der Waals surface area contributed by atoms with Gasteiger partial charge in [-0.25, -0.2) is 0 Å². The standard InChI is InChI=1S/C15H14Cl3NO/c1-19-15(14-11(17)4-3-5-12(14)18)9-6-7-10(16)13(8-9)20-2/h3-8,15,19H,1-2H3. The van der Waals surface area contributed by atoms with E-state index in [1.165, 1.54) is 0 Å². The molecule has 2 nitrogen and oxygen atoms in total. The van der Waals surface area contributed by atoms with Gasteiger partial charge in [-0.2, -0.15) is 0 Å². The SMILES string of the molecule is CNC(c1ccc(Cl)c(OC)c1)c1c(Cl)cccc1Cl. The van der Waals surface area contributed by atoms with E-state index in [1.807, 2.05) is 37.4 Å². The van der Waals surface area contributed by atoms with E-state index < -0.39 is 0 Å². The Labute approximate surface area is 133 Å². The van der Waals surface area contributed by atoms with Crippen molar-refractivity contribution >= 4 is 34.8 Å². The second-order valence-corrected chi connectivity index (χ2v) is 5.47. The Hall–Kier alpha value is -0.930. The summed E-state index contributed by atoms with van der Waals surface area (Å²) in [5, 5.41) is 5.02. The summed E-state index contributed by atoms with van der Waals surface area (Å²) in [5.41, 5.74) is 1.81. The van der Waals surface area contributed by atoms with Crippen LogP contribution in [0.1, 0.15) is 17.2 Å². The minimum Gasteiger partial charge on any atom is -0.495 e. The molecule has 0 aliphatic heterocycles. The highest BCUT2D eigenvalue weighted by Gasteiger charge is 2.19. The quantitative estimate of drug-likeness (QED) is 0.855. The van der Waals surface area contributed by atoms with E-state index in [4.69, 9.17) is 39.5 Å². The average molecular weight is 331 g/mol. The molecule has 1 N–H and O–H groups in total. The summed E-state index contributed by atoms with van der Waals surface area (Å²) in [4.78, 5) is 0. The molecule has 106 valence electrons.